The van der Waals surface area contributed by atoms with Gasteiger partial charge in [0.2, 0.25) is 11.8 Å². The standard InChI is InChI=1S/C29H26FN3O3/c1-36-25-12-5-3-10-21(25)28-27-22(20-9-2-4-11-23(20)31-27)16-24-29(35)32(17-26(34)33(24)28)14-13-18-7-6-8-19(30)15-18/h2-12,15,24,28,31H,13-14,16-17H2,1H3/t24-,28-/m0/s1. The van der Waals surface area contributed by atoms with Gasteiger partial charge in [0.1, 0.15) is 23.7 Å². The van der Waals surface area contributed by atoms with Crippen molar-refractivity contribution in [3.63, 3.8) is 0 Å². The van der Waals surface area contributed by atoms with Crippen LogP contribution in [0.5, 0.6) is 5.75 Å². The molecular weight excluding hydrogens is 457 g/mol. The fraction of sp³-hybridized carbons (Fsp3) is 0.241. The lowest BCUT2D eigenvalue weighted by molar-refractivity contribution is -0.158. The van der Waals surface area contributed by atoms with Crippen molar-refractivity contribution in [1.29, 1.82) is 0 Å². The smallest absolute Gasteiger partial charge is 0.246 e. The highest BCUT2D eigenvalue weighted by Gasteiger charge is 2.48. The summed E-state index contributed by atoms with van der Waals surface area (Å²) >= 11 is 0. The van der Waals surface area contributed by atoms with E-state index in [1.54, 1.807) is 23.0 Å². The lowest BCUT2D eigenvalue weighted by Gasteiger charge is -2.47. The molecule has 1 fully saturated rings. The first-order valence-corrected chi connectivity index (χ1v) is 12.1. The minimum absolute atomic E-state index is 0.00808. The molecule has 6 nitrogen and oxygen atoms in total. The molecule has 0 saturated carbocycles. The zero-order valence-electron chi connectivity index (χ0n) is 19.9. The molecule has 2 aliphatic heterocycles. The minimum Gasteiger partial charge on any atom is -0.496 e. The Morgan fingerprint density at radius 3 is 2.67 bits per heavy atom. The third kappa shape index (κ3) is 3.63. The number of nitrogens with zero attached hydrogens (tertiary/aromatic N) is 2. The fourth-order valence-corrected chi connectivity index (χ4v) is 5.69. The van der Waals surface area contributed by atoms with Gasteiger partial charge >= 0.3 is 0 Å². The number of piperazine rings is 1. The molecule has 6 rings (SSSR count). The normalized spacial score (nSPS) is 19.4. The Balaban J connectivity index is 1.41. The molecule has 0 bridgehead atoms. The Morgan fingerprint density at radius 2 is 1.83 bits per heavy atom. The van der Waals surface area contributed by atoms with Crippen LogP contribution in [0.3, 0.4) is 0 Å². The number of carbonyl (C=O) groups excluding carboxylic acids is 2. The van der Waals surface area contributed by atoms with Crippen LogP contribution in [0.25, 0.3) is 10.9 Å². The number of benzene rings is 3. The van der Waals surface area contributed by atoms with Gasteiger partial charge in [-0.15, -0.1) is 0 Å². The molecule has 182 valence electrons. The molecule has 2 aliphatic rings. The monoisotopic (exact) mass is 483 g/mol. The number of amides is 2. The Kier molecular flexibility index (Phi) is 5.48. The van der Waals surface area contributed by atoms with Gasteiger partial charge in [0.15, 0.2) is 0 Å². The average Bonchev–Trinajstić information content (AvgIpc) is 3.27. The van der Waals surface area contributed by atoms with Crippen molar-refractivity contribution in [2.75, 3.05) is 20.2 Å². The molecule has 36 heavy (non-hydrogen) atoms. The first kappa shape index (κ1) is 22.3. The first-order valence-electron chi connectivity index (χ1n) is 12.1. The Hall–Kier alpha value is -4.13. The summed E-state index contributed by atoms with van der Waals surface area (Å²) in [7, 11) is 1.61. The third-order valence-electron chi connectivity index (χ3n) is 7.34. The Labute approximate surface area is 208 Å². The van der Waals surface area contributed by atoms with Crippen LogP contribution in [0.15, 0.2) is 72.8 Å². The van der Waals surface area contributed by atoms with Crippen LogP contribution < -0.4 is 4.74 Å². The molecule has 2 amide bonds. The van der Waals surface area contributed by atoms with Crippen LogP contribution >= 0.6 is 0 Å². The number of hydrogen-bond acceptors (Lipinski definition) is 3. The predicted octanol–water partition coefficient (Wildman–Crippen LogP) is 4.24. The predicted molar refractivity (Wildman–Crippen MR) is 134 cm³/mol. The molecule has 7 heteroatoms. The summed E-state index contributed by atoms with van der Waals surface area (Å²) in [6.07, 6.45) is 0.920. The number of aromatic nitrogens is 1. The third-order valence-corrected chi connectivity index (χ3v) is 7.34. The van der Waals surface area contributed by atoms with Crippen molar-refractivity contribution in [1.82, 2.24) is 14.8 Å². The largest absolute Gasteiger partial charge is 0.496 e. The molecule has 1 aromatic heterocycles. The summed E-state index contributed by atoms with van der Waals surface area (Å²) in [4.78, 5) is 34.4. The number of halogens is 1. The second-order valence-electron chi connectivity index (χ2n) is 9.37. The number of rotatable bonds is 5. The van der Waals surface area contributed by atoms with Gasteiger partial charge in [0, 0.05) is 35.1 Å². The van der Waals surface area contributed by atoms with Crippen LogP contribution in [0.2, 0.25) is 0 Å². The van der Waals surface area contributed by atoms with Gasteiger partial charge in [-0.25, -0.2) is 4.39 Å². The maximum Gasteiger partial charge on any atom is 0.246 e. The summed E-state index contributed by atoms with van der Waals surface area (Å²) in [5.74, 6) is 0.168. The van der Waals surface area contributed by atoms with Gasteiger partial charge in [-0.3, -0.25) is 9.59 Å². The van der Waals surface area contributed by atoms with Crippen molar-refractivity contribution in [3.05, 3.63) is 101 Å². The van der Waals surface area contributed by atoms with Crippen LogP contribution in [0.4, 0.5) is 4.39 Å². The van der Waals surface area contributed by atoms with Gasteiger partial charge in [-0.05, 0) is 41.8 Å². The van der Waals surface area contributed by atoms with Crippen LogP contribution in [0, 0.1) is 5.82 Å². The highest BCUT2D eigenvalue weighted by Crippen LogP contribution is 2.44. The second-order valence-corrected chi connectivity index (χ2v) is 9.37. The van der Waals surface area contributed by atoms with E-state index in [9.17, 15) is 14.0 Å². The van der Waals surface area contributed by atoms with E-state index < -0.39 is 12.1 Å². The van der Waals surface area contributed by atoms with Gasteiger partial charge in [0.05, 0.1) is 13.7 Å². The van der Waals surface area contributed by atoms with Crippen molar-refractivity contribution in [2.45, 2.75) is 24.9 Å². The molecule has 3 heterocycles. The average molecular weight is 484 g/mol. The highest BCUT2D eigenvalue weighted by atomic mass is 19.1. The van der Waals surface area contributed by atoms with Crippen LogP contribution in [-0.2, 0) is 22.4 Å². The van der Waals surface area contributed by atoms with E-state index in [1.807, 2.05) is 48.5 Å². The topological polar surface area (TPSA) is 65.6 Å². The maximum atomic E-state index is 13.8. The molecule has 0 spiro atoms. The maximum absolute atomic E-state index is 13.8. The van der Waals surface area contributed by atoms with Crippen LogP contribution in [-0.4, -0.2) is 52.8 Å². The van der Waals surface area contributed by atoms with Crippen LogP contribution in [0.1, 0.15) is 28.4 Å². The SMILES string of the molecule is COc1ccccc1[C@H]1c2[nH]c3ccccc3c2C[C@H]2C(=O)N(CCc3cccc(F)c3)CC(=O)N12. The summed E-state index contributed by atoms with van der Waals surface area (Å²) < 4.78 is 19.3. The second kappa shape index (κ2) is 8.82. The number of fused-ring (bicyclic) bond motifs is 4. The van der Waals surface area contributed by atoms with Crippen molar-refractivity contribution < 1.29 is 18.7 Å². The van der Waals surface area contributed by atoms with E-state index in [4.69, 9.17) is 4.74 Å². The van der Waals surface area contributed by atoms with Gasteiger partial charge < -0.3 is 19.5 Å². The number of H-pyrrole nitrogens is 1. The number of aromatic amines is 1. The quantitative estimate of drug-likeness (QED) is 0.462. The van der Waals surface area contributed by atoms with Crippen molar-refractivity contribution in [3.8, 4) is 5.75 Å². The van der Waals surface area contributed by atoms with Gasteiger partial charge in [0.25, 0.3) is 0 Å². The molecule has 0 aliphatic carbocycles. The number of methoxy groups -OCH3 is 1. The lowest BCUT2D eigenvalue weighted by Crippen LogP contribution is -2.63. The summed E-state index contributed by atoms with van der Waals surface area (Å²) in [5.41, 5.74) is 4.59. The number of hydrogen-bond donors (Lipinski definition) is 1. The van der Waals surface area contributed by atoms with E-state index in [1.165, 1.54) is 12.1 Å². The van der Waals surface area contributed by atoms with E-state index in [0.717, 1.165) is 33.3 Å². The zero-order chi connectivity index (χ0) is 24.8. The molecule has 0 unspecified atom stereocenters. The number of ether oxygens (including phenoxy) is 1. The molecule has 1 saturated heterocycles. The summed E-state index contributed by atoms with van der Waals surface area (Å²) in [6.45, 7) is 0.351. The molecule has 2 atom stereocenters. The van der Waals surface area contributed by atoms with E-state index in [2.05, 4.69) is 11.1 Å². The van der Waals surface area contributed by atoms with E-state index in [0.29, 0.717) is 25.1 Å². The number of carbonyl (C=O) groups is 2. The van der Waals surface area contributed by atoms with E-state index in [-0.39, 0.29) is 24.2 Å². The Morgan fingerprint density at radius 1 is 1.03 bits per heavy atom. The minimum atomic E-state index is -0.625. The highest BCUT2D eigenvalue weighted by molar-refractivity contribution is 5.97. The summed E-state index contributed by atoms with van der Waals surface area (Å²) in [5, 5.41) is 1.06. The van der Waals surface area contributed by atoms with Gasteiger partial charge in [-0.2, -0.15) is 0 Å². The fourth-order valence-electron chi connectivity index (χ4n) is 5.69. The number of nitrogens with one attached hydrogen (secondary N) is 1. The molecule has 1 N–H and O–H groups in total. The first-order chi connectivity index (χ1) is 17.5. The number of para-hydroxylation sites is 2. The molecule has 3 aromatic carbocycles. The van der Waals surface area contributed by atoms with Crippen molar-refractivity contribution >= 4 is 22.7 Å². The molecule has 0 radical (unpaired) electrons. The van der Waals surface area contributed by atoms with Gasteiger partial charge in [-0.1, -0.05) is 48.5 Å². The lowest BCUT2D eigenvalue weighted by atomic mass is 9.86. The Bertz CT molecular complexity index is 1480. The molecular formula is C29H26FN3O3. The van der Waals surface area contributed by atoms with E-state index >= 15 is 0 Å². The van der Waals surface area contributed by atoms with Crippen molar-refractivity contribution in [2.24, 2.45) is 0 Å². The summed E-state index contributed by atoms with van der Waals surface area (Å²) in [6, 6.07) is 20.9. The zero-order valence-corrected chi connectivity index (χ0v) is 19.9. The molecule has 4 aromatic rings.